The average Bonchev–Trinajstić information content (AvgIpc) is 1.70. The van der Waals surface area contributed by atoms with Crippen LogP contribution in [0.15, 0.2) is 110 Å². The van der Waals surface area contributed by atoms with Gasteiger partial charge in [-0.15, -0.1) is 0 Å². The van der Waals surface area contributed by atoms with Crippen LogP contribution in [-0.2, 0) is 114 Å². The summed E-state index contributed by atoms with van der Waals surface area (Å²) < 4.78 is 0. The molecule has 7 rings (SSSR count). The number of aliphatic hydroxyl groups is 1. The molecule has 2 saturated heterocycles. The second kappa shape index (κ2) is 55.2. The predicted octanol–water partition coefficient (Wildman–Crippen LogP) is -6.97. The molecule has 0 saturated carbocycles. The number of guanidine groups is 1. The number of aromatic hydroxyl groups is 3. The minimum Gasteiger partial charge on any atom is -0.508 e. The van der Waals surface area contributed by atoms with E-state index in [4.69, 9.17) is 34.1 Å². The van der Waals surface area contributed by atoms with Crippen LogP contribution in [0.1, 0.15) is 119 Å². The minimum absolute atomic E-state index is 0.0000110. The number of carbonyl (C=O) groups excluding carboxylic acids is 16. The van der Waals surface area contributed by atoms with Crippen molar-refractivity contribution >= 4 is 132 Å². The number of hydrogen-bond acceptors (Lipinski definition) is 29. The summed E-state index contributed by atoms with van der Waals surface area (Å²) >= 11 is 8.58. The van der Waals surface area contributed by atoms with Gasteiger partial charge in [-0.1, -0.05) is 36.4 Å². The Kier molecular flexibility index (Phi) is 44.3. The maximum absolute atomic E-state index is 14.9. The highest BCUT2D eigenvalue weighted by atomic mass is 32.1. The first-order valence-corrected chi connectivity index (χ1v) is 45.4. The van der Waals surface area contributed by atoms with E-state index in [1.54, 1.807) is 24.3 Å². The van der Waals surface area contributed by atoms with Crippen molar-refractivity contribution in [2.75, 3.05) is 50.8 Å². The number of amides is 16. The van der Waals surface area contributed by atoms with Gasteiger partial charge in [-0.3, -0.25) is 87.1 Å². The molecule has 2 fully saturated rings. The second-order valence-electron chi connectivity index (χ2n) is 32.8. The van der Waals surface area contributed by atoms with Gasteiger partial charge < -0.3 is 143 Å². The first kappa shape index (κ1) is 109. The van der Waals surface area contributed by atoms with Crippen molar-refractivity contribution in [3.8, 4) is 17.2 Å². The van der Waals surface area contributed by atoms with Gasteiger partial charge in [0.05, 0.1) is 19.0 Å². The number of hydrogen-bond donors (Lipinski definition) is 28. The second-order valence-corrected chi connectivity index (χ2v) is 33.5. The number of nitrogens with two attached hydrogens (primary N) is 5. The summed E-state index contributed by atoms with van der Waals surface area (Å²) in [5, 5.41) is 94.0. The number of nitrogens with one attached hydrogen (secondary N) is 16. The van der Waals surface area contributed by atoms with E-state index in [0.29, 0.717) is 40.8 Å². The van der Waals surface area contributed by atoms with Crippen LogP contribution in [0, 0.1) is 5.41 Å². The highest BCUT2D eigenvalue weighted by molar-refractivity contribution is 7.80. The molecule has 4 heterocycles. The number of nitrogens with zero attached hydrogens (tertiary/aromatic N) is 4. The Labute approximate surface area is 793 Å². The van der Waals surface area contributed by atoms with Crippen LogP contribution in [0.4, 0.5) is 0 Å². The number of likely N-dealkylation sites (tertiary alicyclic amines) is 2. The number of carboxylic acid groups (broad SMARTS) is 1. The highest BCUT2D eigenvalue weighted by Crippen LogP contribution is 2.24. The lowest BCUT2D eigenvalue weighted by atomic mass is 10.0. The van der Waals surface area contributed by atoms with Gasteiger partial charge in [0.15, 0.2) is 5.96 Å². The number of aliphatic hydroxyl groups excluding tert-OH is 1. The molecule has 0 radical (unpaired) electrons. The number of phenols is 3. The van der Waals surface area contributed by atoms with E-state index in [1.807, 2.05) is 0 Å². The van der Waals surface area contributed by atoms with Crippen molar-refractivity contribution in [2.24, 2.45) is 28.7 Å². The highest BCUT2D eigenvalue weighted by Gasteiger charge is 2.43. The van der Waals surface area contributed by atoms with Gasteiger partial charge in [0.25, 0.3) is 0 Å². The van der Waals surface area contributed by atoms with Gasteiger partial charge in [-0.05, 0) is 175 Å². The van der Waals surface area contributed by atoms with Crippen LogP contribution in [-0.4, -0.2) is 304 Å². The molecule has 5 aromatic rings. The van der Waals surface area contributed by atoms with Crippen molar-refractivity contribution in [3.05, 3.63) is 138 Å². The number of pyridine rings is 1. The number of carboxylic acids is 1. The van der Waals surface area contributed by atoms with Crippen LogP contribution in [0.5, 0.6) is 17.2 Å². The van der Waals surface area contributed by atoms with Gasteiger partial charge in [0.1, 0.15) is 108 Å². The molecule has 136 heavy (non-hydrogen) atoms. The molecular weight excluding hydrogens is 1810 g/mol. The molecule has 49 heteroatoms. The van der Waals surface area contributed by atoms with E-state index in [9.17, 15) is 107 Å². The largest absolute Gasteiger partial charge is 0.508 e. The monoisotopic (exact) mass is 1930 g/mol. The number of aromatic nitrogens is 3. The fourth-order valence-electron chi connectivity index (χ4n) is 14.9. The van der Waals surface area contributed by atoms with Gasteiger partial charge in [-0.25, -0.2) is 9.78 Å². The van der Waals surface area contributed by atoms with Crippen LogP contribution < -0.4 is 103 Å². The molecule has 16 atom stereocenters. The van der Waals surface area contributed by atoms with Gasteiger partial charge in [-0.2, -0.15) is 25.3 Å². The van der Waals surface area contributed by atoms with E-state index in [0.717, 1.165) is 9.80 Å². The Morgan fingerprint density at radius 2 is 0.838 bits per heavy atom. The molecule has 3 aromatic carbocycles. The predicted molar refractivity (Wildman–Crippen MR) is 496 cm³/mol. The third-order valence-corrected chi connectivity index (χ3v) is 23.1. The maximum Gasteiger partial charge on any atom is 0.326 e. The number of rotatable bonds is 55. The number of unbranched alkanes of at least 4 members (excludes halogenated alkanes) is 1. The number of aromatic amines is 1. The summed E-state index contributed by atoms with van der Waals surface area (Å²) in [6.07, 6.45) is 4.46. The summed E-state index contributed by atoms with van der Waals surface area (Å²) in [5.41, 5.74) is 31.4. The van der Waals surface area contributed by atoms with Crippen LogP contribution in [0.3, 0.4) is 0 Å². The standard InChI is InChI=1S/C87H123N25O22S2/c1-46(98-77(124)63(40-52-41-95-45-97-52)104-72(119)56(90)36-48-12-18-53(114)19-13-48)71(118)109-66(43-135)82(129)108-65(42-113)80(127)99-47(2)84(131)111-34-6-10-68(111)83(130)103-60(26-30-89)76(123)101-58(9-5-31-96-87(92)93)73(120)105-62(38-50-16-22-55(116)23-17-50)79(126)110-67(44-136)81(128)106-61(37-49-14-20-54(115)21-15-49)78(125)102-59(24-25-70(91)117)75(122)100-57(8-3-4-29-88)74(121)107-64(39-51-27-32-94-33-28-51)85(132)112-35-7-11-69(112)86(133)134/h12-23,27-28,32-33,41,45-47,56-69,113-116,135-136H,3-11,24-26,29-31,34-40,42-44,88-90H2,1-2H3,(H2,91,117)(H,95,97)(H,98,124)(H,99,127)(H,100,122)(H,101,123)(H,102,125)(H,103,130)(H,104,119)(H,105,120)(H,106,128)(H,107,121)(H,108,129)(H,109,118)(H,110,126)(H,133,134)(H4,92,93,96)/t46-,47-,56-,57-,58-,59-,60-,61-,62-,63-,64-,65-,66-,67-,68-,69-/m0/s1. The van der Waals surface area contributed by atoms with Crippen LogP contribution in [0.2, 0.25) is 0 Å². The summed E-state index contributed by atoms with van der Waals surface area (Å²) in [5.74, 6) is -18.1. The number of primary amides is 1. The maximum atomic E-state index is 14.9. The molecular formula is C87H123N25O22S2. The van der Waals surface area contributed by atoms with E-state index in [-0.39, 0.29) is 139 Å². The molecule has 31 N–H and O–H groups in total. The number of aliphatic carboxylic acids is 1. The van der Waals surface area contributed by atoms with Crippen LogP contribution in [0.25, 0.3) is 0 Å². The molecule has 16 amide bonds. The average molecular weight is 1940 g/mol. The van der Waals surface area contributed by atoms with Crippen LogP contribution >= 0.6 is 25.3 Å². The molecule has 0 aliphatic carbocycles. The Morgan fingerprint density at radius 1 is 0.441 bits per heavy atom. The normalized spacial score (nSPS) is 16.4. The zero-order valence-corrected chi connectivity index (χ0v) is 76.8. The number of thiol groups is 2. The fourth-order valence-corrected chi connectivity index (χ4v) is 15.4. The lowest BCUT2D eigenvalue weighted by molar-refractivity contribution is -0.149. The first-order valence-electron chi connectivity index (χ1n) is 44.2. The summed E-state index contributed by atoms with van der Waals surface area (Å²) in [6, 6.07) is -3.79. The minimum atomic E-state index is -1.76. The number of imidazole rings is 1. The third kappa shape index (κ3) is 34.9. The lowest BCUT2D eigenvalue weighted by Crippen LogP contribution is -2.61. The quantitative estimate of drug-likeness (QED) is 0.00744. The molecule has 0 bridgehead atoms. The number of carbonyl (C=O) groups is 17. The van der Waals surface area contributed by atoms with Crippen molar-refractivity contribution in [1.82, 2.24) is 99.2 Å². The molecule has 2 aliphatic rings. The first-order chi connectivity index (χ1) is 64.8. The molecule has 0 spiro atoms. The van der Waals surface area contributed by atoms with Gasteiger partial charge >= 0.3 is 5.97 Å². The topological polar surface area (TPSA) is 762 Å². The SMILES string of the molecule is C[C@H](NC(=O)[C@H](Cc1cnc[nH]1)NC(=O)[C@@H](N)Cc1ccc(O)cc1)C(=O)N[C@@H](CS)C(=O)N[C@@H](CO)C(=O)N[C@@H](C)C(=O)N1CCC[C@H]1C(=O)N[C@@H](CCN)C(=O)N[C@@H](CCCNC(=N)N)C(=O)N[C@@H](Cc1ccc(O)cc1)C(=O)N[C@@H](CS)C(=O)N[C@@H](Cc1ccc(O)cc1)C(=O)N[C@@H](CCC(N)=O)C(=O)N[C@@H](CCCCN)C(=O)N[C@@H](Cc1ccncc1)C(=O)N1CCC[C@H]1C(=O)O. The van der Waals surface area contributed by atoms with Crippen molar-refractivity contribution < 1.29 is 107 Å². The zero-order valence-electron chi connectivity index (χ0n) is 75.1. The third-order valence-electron chi connectivity index (χ3n) is 22.3. The summed E-state index contributed by atoms with van der Waals surface area (Å²) in [4.78, 5) is 252. The molecule has 47 nitrogen and oxygen atoms in total. The van der Waals surface area contributed by atoms with Crippen molar-refractivity contribution in [2.45, 2.75) is 220 Å². The molecule has 740 valence electrons. The molecule has 2 aromatic heterocycles. The Balaban J connectivity index is 1.02. The fraction of sp³-hybridized carbons (Fsp3) is 0.494. The van der Waals surface area contributed by atoms with E-state index >= 15 is 0 Å². The smallest absolute Gasteiger partial charge is 0.326 e. The van der Waals surface area contributed by atoms with Gasteiger partial charge in [0, 0.05) is 87.5 Å². The molecule has 0 unspecified atom stereocenters. The Bertz CT molecular complexity index is 4920. The van der Waals surface area contributed by atoms with E-state index < -0.39 is 228 Å². The van der Waals surface area contributed by atoms with E-state index in [2.05, 4.69) is 115 Å². The van der Waals surface area contributed by atoms with Crippen molar-refractivity contribution in [1.29, 1.82) is 5.41 Å². The summed E-state index contributed by atoms with van der Waals surface area (Å²) in [6.45, 7) is 1.40. The van der Waals surface area contributed by atoms with E-state index in [1.165, 1.54) is 99.4 Å². The summed E-state index contributed by atoms with van der Waals surface area (Å²) in [7, 11) is 0. The Morgan fingerprint density at radius 3 is 1.32 bits per heavy atom. The van der Waals surface area contributed by atoms with Crippen molar-refractivity contribution in [3.63, 3.8) is 0 Å². The number of phenolic OH excluding ortho intramolecular Hbond substituents is 3. The number of benzene rings is 3. The molecule has 2 aliphatic heterocycles. The van der Waals surface area contributed by atoms with Gasteiger partial charge in [0.2, 0.25) is 94.5 Å². The number of H-pyrrole nitrogens is 1. The Hall–Kier alpha value is -13.8. The lowest BCUT2D eigenvalue weighted by Gasteiger charge is -2.30. The zero-order chi connectivity index (χ0) is 99.8.